The highest BCUT2D eigenvalue weighted by molar-refractivity contribution is 5.28. The van der Waals surface area contributed by atoms with Crippen LogP contribution in [0.4, 0.5) is 5.69 Å². The first-order valence-electron chi connectivity index (χ1n) is 7.04. The number of rotatable bonds is 1. The first-order chi connectivity index (χ1) is 11.1. The maximum absolute atomic E-state index is 10.0. The number of nitro benzene ring substituents is 1. The zero-order valence-corrected chi connectivity index (χ0v) is 12.9. The van der Waals surface area contributed by atoms with Crippen molar-refractivity contribution in [3.63, 3.8) is 0 Å². The molecule has 3 aromatic carbocycles. The smallest absolute Gasteiger partial charge is 0.269 e. The number of non-ortho nitro benzene ring substituents is 1. The predicted molar refractivity (Wildman–Crippen MR) is 92.4 cm³/mol. The average Bonchev–Trinajstić information content (AvgIpc) is 2.58. The van der Waals surface area contributed by atoms with Crippen LogP contribution in [-0.2, 0) is 0 Å². The van der Waals surface area contributed by atoms with Crippen LogP contribution >= 0.6 is 0 Å². The molecule has 0 amide bonds. The third kappa shape index (κ3) is 8.67. The number of phenolic OH excluding ortho intramolecular Hbond substituents is 1. The molecule has 4 heteroatoms. The maximum Gasteiger partial charge on any atom is 0.269 e. The molecule has 0 radical (unpaired) electrons. The largest absolute Gasteiger partial charge is 0.508 e. The van der Waals surface area contributed by atoms with E-state index >= 15 is 0 Å². The van der Waals surface area contributed by atoms with Crippen molar-refractivity contribution in [3.8, 4) is 5.75 Å². The summed E-state index contributed by atoms with van der Waals surface area (Å²) in [4.78, 5) is 9.59. The Bertz CT molecular complexity index is 633. The van der Waals surface area contributed by atoms with Crippen LogP contribution in [0.3, 0.4) is 0 Å². The third-order valence-corrected chi connectivity index (χ3v) is 2.66. The maximum atomic E-state index is 10.0. The molecule has 0 aliphatic heterocycles. The summed E-state index contributed by atoms with van der Waals surface area (Å²) in [5.74, 6) is 0.322. The predicted octanol–water partition coefficient (Wildman–Crippen LogP) is 4.98. The lowest BCUT2D eigenvalue weighted by atomic mass is 10.2. The van der Waals surface area contributed by atoms with Crippen molar-refractivity contribution in [3.05, 3.63) is 107 Å². The average molecular weight is 309 g/mol. The molecule has 0 fully saturated rings. The van der Waals surface area contributed by atoms with E-state index in [4.69, 9.17) is 5.11 Å². The first-order valence-corrected chi connectivity index (χ1v) is 7.04. The Labute approximate surface area is 135 Å². The van der Waals surface area contributed by atoms with E-state index < -0.39 is 4.92 Å². The number of phenols is 1. The van der Waals surface area contributed by atoms with Crippen LogP contribution in [-0.4, -0.2) is 10.0 Å². The molecule has 0 saturated heterocycles. The molecule has 0 bridgehead atoms. The van der Waals surface area contributed by atoms with Gasteiger partial charge in [-0.2, -0.15) is 0 Å². The zero-order valence-electron chi connectivity index (χ0n) is 12.9. The Hall–Kier alpha value is -3.14. The van der Waals surface area contributed by atoms with Crippen molar-refractivity contribution in [2.24, 2.45) is 0 Å². The van der Waals surface area contributed by atoms with Crippen LogP contribution in [0.2, 0.25) is 0 Å². The number of hydrogen-bond acceptors (Lipinski definition) is 3. The number of nitrogens with zero attached hydrogens (tertiary/aromatic N) is 1. The summed E-state index contributed by atoms with van der Waals surface area (Å²) in [6, 6.07) is 26.9. The van der Waals surface area contributed by atoms with Gasteiger partial charge >= 0.3 is 0 Å². The van der Waals surface area contributed by atoms with Gasteiger partial charge in [-0.3, -0.25) is 10.1 Å². The fourth-order valence-corrected chi connectivity index (χ4v) is 1.51. The van der Waals surface area contributed by atoms with Crippen LogP contribution in [0.15, 0.2) is 91.0 Å². The topological polar surface area (TPSA) is 63.4 Å². The summed E-state index contributed by atoms with van der Waals surface area (Å²) < 4.78 is 0. The number of aromatic hydroxyl groups is 1. The van der Waals surface area contributed by atoms with Crippen LogP contribution in [0.1, 0.15) is 5.56 Å². The molecule has 0 unspecified atom stereocenters. The van der Waals surface area contributed by atoms with E-state index in [1.54, 1.807) is 42.5 Å². The lowest BCUT2D eigenvalue weighted by Gasteiger charge is -1.85. The number of para-hydroxylation sites is 2. The van der Waals surface area contributed by atoms with Gasteiger partial charge in [-0.05, 0) is 19.1 Å². The molecule has 0 heterocycles. The Morgan fingerprint density at radius 1 is 0.739 bits per heavy atom. The second kappa shape index (κ2) is 10.6. The fourth-order valence-electron chi connectivity index (χ4n) is 1.51. The fraction of sp³-hybridized carbons (Fsp3) is 0.0526. The van der Waals surface area contributed by atoms with Gasteiger partial charge in [-0.15, -0.1) is 0 Å². The number of aryl methyl sites for hydroxylation is 1. The molecular formula is C19H19NO3. The van der Waals surface area contributed by atoms with Gasteiger partial charge in [0.1, 0.15) is 5.75 Å². The van der Waals surface area contributed by atoms with Gasteiger partial charge in [0.05, 0.1) is 4.92 Å². The summed E-state index contributed by atoms with van der Waals surface area (Å²) >= 11 is 0. The highest BCUT2D eigenvalue weighted by atomic mass is 16.6. The lowest BCUT2D eigenvalue weighted by Crippen LogP contribution is -1.84. The van der Waals surface area contributed by atoms with Crippen molar-refractivity contribution in [1.82, 2.24) is 0 Å². The molecule has 0 aliphatic carbocycles. The van der Waals surface area contributed by atoms with Gasteiger partial charge in [0.15, 0.2) is 0 Å². The van der Waals surface area contributed by atoms with E-state index in [1.165, 1.54) is 17.7 Å². The zero-order chi connectivity index (χ0) is 16.9. The summed E-state index contributed by atoms with van der Waals surface area (Å²) in [6.45, 7) is 2.08. The van der Waals surface area contributed by atoms with Gasteiger partial charge in [-0.25, -0.2) is 0 Å². The second-order valence-electron chi connectivity index (χ2n) is 4.58. The second-order valence-corrected chi connectivity index (χ2v) is 4.58. The van der Waals surface area contributed by atoms with E-state index in [1.807, 2.05) is 24.3 Å². The van der Waals surface area contributed by atoms with Crippen LogP contribution < -0.4 is 0 Å². The Balaban J connectivity index is 0.000000175. The SMILES string of the molecule is Cc1ccccc1.O=[N+]([O-])c1ccccc1.Oc1ccccc1. The highest BCUT2D eigenvalue weighted by Crippen LogP contribution is 2.06. The molecule has 0 atom stereocenters. The minimum absolute atomic E-state index is 0.137. The quantitative estimate of drug-likeness (QED) is 0.509. The van der Waals surface area contributed by atoms with Gasteiger partial charge in [0, 0.05) is 12.1 Å². The number of benzene rings is 3. The van der Waals surface area contributed by atoms with E-state index in [0.29, 0.717) is 5.75 Å². The van der Waals surface area contributed by atoms with Crippen molar-refractivity contribution >= 4 is 5.69 Å². The Morgan fingerprint density at radius 2 is 1.13 bits per heavy atom. The van der Waals surface area contributed by atoms with E-state index in [-0.39, 0.29) is 5.69 Å². The molecule has 3 rings (SSSR count). The monoisotopic (exact) mass is 309 g/mol. The van der Waals surface area contributed by atoms with Gasteiger partial charge in [-0.1, -0.05) is 72.3 Å². The summed E-state index contributed by atoms with van der Waals surface area (Å²) in [5.41, 5.74) is 1.46. The van der Waals surface area contributed by atoms with E-state index in [9.17, 15) is 10.1 Å². The molecule has 118 valence electrons. The molecule has 1 N–H and O–H groups in total. The number of hydrogen-bond donors (Lipinski definition) is 1. The number of nitro groups is 1. The van der Waals surface area contributed by atoms with E-state index in [0.717, 1.165) is 0 Å². The van der Waals surface area contributed by atoms with Crippen molar-refractivity contribution in [1.29, 1.82) is 0 Å². The molecule has 4 nitrogen and oxygen atoms in total. The van der Waals surface area contributed by atoms with Gasteiger partial charge in [0.25, 0.3) is 5.69 Å². The normalized spacial score (nSPS) is 8.74. The molecule has 0 saturated carbocycles. The Kier molecular flexibility index (Phi) is 8.23. The lowest BCUT2D eigenvalue weighted by molar-refractivity contribution is -0.384. The summed E-state index contributed by atoms with van der Waals surface area (Å²) in [5, 5.41) is 18.6. The van der Waals surface area contributed by atoms with Crippen LogP contribution in [0.25, 0.3) is 0 Å². The summed E-state index contributed by atoms with van der Waals surface area (Å²) in [7, 11) is 0. The minimum atomic E-state index is -0.417. The molecule has 23 heavy (non-hydrogen) atoms. The van der Waals surface area contributed by atoms with Crippen molar-refractivity contribution < 1.29 is 10.0 Å². The van der Waals surface area contributed by atoms with Crippen LogP contribution in [0.5, 0.6) is 5.75 Å². The Morgan fingerprint density at radius 3 is 1.35 bits per heavy atom. The standard InChI is InChI=1S/C7H8.C6H5NO2.C6H6O/c1-7-5-3-2-4-6-7;8-7(9)6-4-2-1-3-5-6;7-6-4-2-1-3-5-6/h2-6H,1H3;1-5H;1-5,7H. The minimum Gasteiger partial charge on any atom is -0.508 e. The van der Waals surface area contributed by atoms with E-state index in [2.05, 4.69) is 19.1 Å². The molecule has 3 aromatic rings. The first kappa shape index (κ1) is 17.9. The van der Waals surface area contributed by atoms with Gasteiger partial charge < -0.3 is 5.11 Å². The van der Waals surface area contributed by atoms with Gasteiger partial charge in [0.2, 0.25) is 0 Å². The molecular weight excluding hydrogens is 290 g/mol. The molecule has 0 aliphatic rings. The highest BCUT2D eigenvalue weighted by Gasteiger charge is 1.98. The van der Waals surface area contributed by atoms with Crippen molar-refractivity contribution in [2.75, 3.05) is 0 Å². The summed E-state index contributed by atoms with van der Waals surface area (Å²) in [6.07, 6.45) is 0. The molecule has 0 spiro atoms. The molecule has 0 aromatic heterocycles. The van der Waals surface area contributed by atoms with Crippen LogP contribution in [0, 0.1) is 17.0 Å². The third-order valence-electron chi connectivity index (χ3n) is 2.66. The van der Waals surface area contributed by atoms with Crippen molar-refractivity contribution in [2.45, 2.75) is 6.92 Å².